The molecule has 0 unspecified atom stereocenters. The molecule has 0 atom stereocenters. The van der Waals surface area contributed by atoms with Crippen LogP contribution in [0.2, 0.25) is 0 Å². The van der Waals surface area contributed by atoms with E-state index in [-0.39, 0.29) is 11.5 Å². The zero-order valence-corrected chi connectivity index (χ0v) is 9.22. The van der Waals surface area contributed by atoms with Crippen LogP contribution < -0.4 is 0 Å². The first-order valence-electron chi connectivity index (χ1n) is 4.14. The Hall–Kier alpha value is -2.13. The van der Waals surface area contributed by atoms with Crippen molar-refractivity contribution in [1.82, 2.24) is 0 Å². The largest absolute Gasteiger partial charge is 0.237 e. The van der Waals surface area contributed by atoms with Gasteiger partial charge >= 0.3 is 0 Å². The second-order valence-corrected chi connectivity index (χ2v) is 3.46. The second kappa shape index (κ2) is 10.4. The maximum atomic E-state index is 9.96. The van der Waals surface area contributed by atoms with Gasteiger partial charge in [0.1, 0.15) is 0 Å². The Balaban J connectivity index is 4.25. The molecule has 0 heterocycles. The molecule has 0 rings (SSSR count). The minimum absolute atomic E-state index is 0.170. The van der Waals surface area contributed by atoms with Crippen LogP contribution in [0.25, 0.3) is 0 Å². The molecule has 0 aromatic heterocycles. The Morgan fingerprint density at radius 3 is 1.24 bits per heavy atom. The van der Waals surface area contributed by atoms with Crippen molar-refractivity contribution < 1.29 is 19.2 Å². The number of isocyanates is 4. The highest BCUT2D eigenvalue weighted by molar-refractivity contribution is 7.99. The van der Waals surface area contributed by atoms with Crippen molar-refractivity contribution in [2.24, 2.45) is 20.0 Å². The number of rotatable bonds is 8. The highest BCUT2D eigenvalue weighted by Gasteiger charge is 2.08. The predicted molar refractivity (Wildman–Crippen MR) is 57.4 cm³/mol. The third kappa shape index (κ3) is 7.76. The molecule has 0 saturated carbocycles. The van der Waals surface area contributed by atoms with E-state index < -0.39 is 12.3 Å². The van der Waals surface area contributed by atoms with Crippen LogP contribution in [0.5, 0.6) is 0 Å². The van der Waals surface area contributed by atoms with Gasteiger partial charge in [0.2, 0.25) is 24.3 Å². The summed E-state index contributed by atoms with van der Waals surface area (Å²) in [4.78, 5) is 52.8. The van der Waals surface area contributed by atoms with Crippen molar-refractivity contribution in [3.05, 3.63) is 0 Å². The highest BCUT2D eigenvalue weighted by Crippen LogP contribution is 2.10. The molecule has 0 amide bonds. The van der Waals surface area contributed by atoms with E-state index in [1.165, 1.54) is 24.3 Å². The summed E-state index contributed by atoms with van der Waals surface area (Å²) >= 11 is 1.14. The number of nitrogens with zero attached hydrogens (tertiary/aromatic N) is 4. The molecule has 17 heavy (non-hydrogen) atoms. The van der Waals surface area contributed by atoms with Gasteiger partial charge in [-0.25, -0.2) is 19.2 Å². The minimum atomic E-state index is -0.893. The first-order valence-corrected chi connectivity index (χ1v) is 5.29. The van der Waals surface area contributed by atoms with Gasteiger partial charge in [-0.3, -0.25) is 0 Å². The molecule has 0 saturated heterocycles. The Morgan fingerprint density at radius 1 is 0.706 bits per heavy atom. The molecule has 0 aromatic rings. The van der Waals surface area contributed by atoms with Gasteiger partial charge < -0.3 is 0 Å². The van der Waals surface area contributed by atoms with Gasteiger partial charge in [0.25, 0.3) is 0 Å². The zero-order valence-electron chi connectivity index (χ0n) is 8.40. The van der Waals surface area contributed by atoms with Crippen LogP contribution in [0.4, 0.5) is 0 Å². The van der Waals surface area contributed by atoms with Crippen LogP contribution in [0.1, 0.15) is 0 Å². The normalized spacial score (nSPS) is 11.8. The Morgan fingerprint density at radius 2 is 1.00 bits per heavy atom. The number of hydrogen-bond donors (Lipinski definition) is 0. The molecule has 8 nitrogen and oxygen atoms in total. The lowest BCUT2D eigenvalue weighted by atomic mass is 10.6. The molecule has 0 aliphatic carbocycles. The fourth-order valence-corrected chi connectivity index (χ4v) is 1.58. The first-order chi connectivity index (χ1) is 8.28. The van der Waals surface area contributed by atoms with Gasteiger partial charge in [-0.05, 0) is 0 Å². The number of thioether (sulfide) groups is 1. The van der Waals surface area contributed by atoms with Crippen molar-refractivity contribution in [3.8, 4) is 0 Å². The summed E-state index contributed by atoms with van der Waals surface area (Å²) in [7, 11) is 0. The van der Waals surface area contributed by atoms with Gasteiger partial charge in [-0.1, -0.05) is 0 Å². The Labute approximate surface area is 99.6 Å². The van der Waals surface area contributed by atoms with E-state index in [2.05, 4.69) is 20.0 Å². The monoisotopic (exact) mass is 254 g/mol. The lowest BCUT2D eigenvalue weighted by Gasteiger charge is -2.04. The Bertz CT molecular complexity index is 353. The third-order valence-electron chi connectivity index (χ3n) is 1.34. The topological polar surface area (TPSA) is 118 Å². The maximum absolute atomic E-state index is 9.96. The molecule has 9 heteroatoms. The van der Waals surface area contributed by atoms with Crippen LogP contribution in [-0.4, -0.2) is 48.2 Å². The van der Waals surface area contributed by atoms with E-state index in [0.717, 1.165) is 11.8 Å². The van der Waals surface area contributed by atoms with Gasteiger partial charge in [0.15, 0.2) is 12.3 Å². The van der Waals surface area contributed by atoms with Gasteiger partial charge in [0.05, 0.1) is 0 Å². The van der Waals surface area contributed by atoms with Crippen LogP contribution in [-0.2, 0) is 19.2 Å². The number of carbonyl (C=O) groups excluding carboxylic acids is 4. The summed E-state index contributed by atoms with van der Waals surface area (Å²) in [6, 6.07) is 0. The zero-order chi connectivity index (χ0) is 12.9. The van der Waals surface area contributed by atoms with Crippen molar-refractivity contribution in [2.45, 2.75) is 12.3 Å². The van der Waals surface area contributed by atoms with Crippen molar-refractivity contribution in [1.29, 1.82) is 0 Å². The van der Waals surface area contributed by atoms with Gasteiger partial charge in [-0.15, -0.1) is 0 Å². The van der Waals surface area contributed by atoms with Crippen molar-refractivity contribution in [3.63, 3.8) is 0 Å². The molecule has 0 fully saturated rings. The molecule has 0 spiro atoms. The van der Waals surface area contributed by atoms with E-state index in [4.69, 9.17) is 0 Å². The molecular formula is C8H6N4O4S. The quantitative estimate of drug-likeness (QED) is 0.435. The van der Waals surface area contributed by atoms with E-state index in [1.54, 1.807) is 0 Å². The first kappa shape index (κ1) is 14.9. The highest BCUT2D eigenvalue weighted by atomic mass is 32.2. The van der Waals surface area contributed by atoms with E-state index in [9.17, 15) is 19.2 Å². The van der Waals surface area contributed by atoms with Gasteiger partial charge in [0, 0.05) is 11.5 Å². The molecule has 0 aliphatic heterocycles. The fourth-order valence-electron chi connectivity index (χ4n) is 0.729. The second-order valence-electron chi connectivity index (χ2n) is 2.38. The van der Waals surface area contributed by atoms with Crippen molar-refractivity contribution in [2.75, 3.05) is 11.5 Å². The molecule has 0 N–H and O–H groups in total. The molecular weight excluding hydrogens is 248 g/mol. The van der Waals surface area contributed by atoms with Crippen LogP contribution in [0, 0.1) is 0 Å². The van der Waals surface area contributed by atoms with Crippen LogP contribution in [0.15, 0.2) is 20.0 Å². The van der Waals surface area contributed by atoms with Crippen LogP contribution >= 0.6 is 11.8 Å². The fraction of sp³-hybridized carbons (Fsp3) is 0.500. The average molecular weight is 254 g/mol. The summed E-state index contributed by atoms with van der Waals surface area (Å²) in [5.41, 5.74) is 0. The average Bonchev–Trinajstić information content (AvgIpc) is 2.30. The predicted octanol–water partition coefficient (Wildman–Crippen LogP) is -0.285. The number of hydrogen-bond acceptors (Lipinski definition) is 9. The summed E-state index contributed by atoms with van der Waals surface area (Å²) < 4.78 is 0. The summed E-state index contributed by atoms with van der Waals surface area (Å²) in [6.07, 6.45) is 3.25. The molecule has 0 aromatic carbocycles. The van der Waals surface area contributed by atoms with E-state index in [1.807, 2.05) is 0 Å². The minimum Gasteiger partial charge on any atom is -0.211 e. The molecule has 0 radical (unpaired) electrons. The van der Waals surface area contributed by atoms with Crippen molar-refractivity contribution >= 4 is 36.1 Å². The third-order valence-corrected chi connectivity index (χ3v) is 2.41. The molecule has 0 bridgehead atoms. The summed E-state index contributed by atoms with van der Waals surface area (Å²) in [5, 5.41) is 0. The summed E-state index contributed by atoms with van der Waals surface area (Å²) in [6.45, 7) is 0. The lowest BCUT2D eigenvalue weighted by Crippen LogP contribution is -2.09. The maximum Gasteiger partial charge on any atom is 0.237 e. The smallest absolute Gasteiger partial charge is 0.211 e. The number of aliphatic imine (C=N–C) groups is 4. The van der Waals surface area contributed by atoms with Gasteiger partial charge in [-0.2, -0.15) is 31.7 Å². The molecule has 88 valence electrons. The van der Waals surface area contributed by atoms with E-state index in [0.29, 0.717) is 0 Å². The SMILES string of the molecule is O=C=NC(CSCC(N=C=O)N=C=O)N=C=O. The molecule has 0 aliphatic rings. The summed E-state index contributed by atoms with van der Waals surface area (Å²) in [5.74, 6) is 0.341. The van der Waals surface area contributed by atoms with Crippen LogP contribution in [0.3, 0.4) is 0 Å². The lowest BCUT2D eigenvalue weighted by molar-refractivity contribution is 0.553. The van der Waals surface area contributed by atoms with E-state index >= 15 is 0 Å². The Kier molecular flexibility index (Phi) is 9.09. The standard InChI is InChI=1S/C8H6N4O4S/c13-3-9-7(10-4-14)1-17-2-8(11-5-15)12-6-16/h7-8H,1-2H2.